The van der Waals surface area contributed by atoms with Crippen molar-refractivity contribution in [2.24, 2.45) is 0 Å². The quantitative estimate of drug-likeness (QED) is 0.516. The highest BCUT2D eigenvalue weighted by Crippen LogP contribution is 1.99. The number of allylic oxidation sites excluding steroid dienone is 2. The summed E-state index contributed by atoms with van der Waals surface area (Å²) >= 11 is 10.8. The van der Waals surface area contributed by atoms with E-state index in [4.69, 9.17) is 23.2 Å². The summed E-state index contributed by atoms with van der Waals surface area (Å²) in [6.45, 7) is 1.84. The van der Waals surface area contributed by atoms with Crippen molar-refractivity contribution in [3.8, 4) is 0 Å². The second kappa shape index (κ2) is 4.48. The largest absolute Gasteiger partial charge is 0.126 e. The molecule has 0 rings (SSSR count). The van der Waals surface area contributed by atoms with Gasteiger partial charge in [-0.1, -0.05) is 17.7 Å². The molecule has 0 heterocycles. The topological polar surface area (TPSA) is 0 Å². The van der Waals surface area contributed by atoms with Crippen molar-refractivity contribution in [2.45, 2.75) is 13.3 Å². The van der Waals surface area contributed by atoms with E-state index in [2.05, 4.69) is 0 Å². The van der Waals surface area contributed by atoms with Crippen molar-refractivity contribution < 1.29 is 0 Å². The molecule has 0 amide bonds. The Morgan fingerprint density at radius 2 is 2.29 bits per heavy atom. The Bertz CT molecular complexity index is 62.5. The molecule has 0 saturated heterocycles. The second-order valence-corrected chi connectivity index (χ2v) is 2.24. The summed E-state index contributed by atoms with van der Waals surface area (Å²) in [6.07, 6.45) is 2.77. The first-order valence-corrected chi connectivity index (χ1v) is 3.07. The number of hydrogen-bond donors (Lipinski definition) is 0. The second-order valence-electron chi connectivity index (χ2n) is 1.27. The lowest BCUT2D eigenvalue weighted by Gasteiger charge is -1.81. The fourth-order valence-electron chi connectivity index (χ4n) is 0.253. The van der Waals surface area contributed by atoms with Gasteiger partial charge in [-0.05, 0) is 13.3 Å². The molecule has 0 aromatic heterocycles. The lowest BCUT2D eigenvalue weighted by Crippen LogP contribution is -1.66. The van der Waals surface area contributed by atoms with Crippen LogP contribution in [0.1, 0.15) is 13.3 Å². The zero-order valence-corrected chi connectivity index (χ0v) is 5.76. The Balaban J connectivity index is 3.08. The predicted octanol–water partition coefficient (Wildman–Crippen LogP) is 2.76. The van der Waals surface area contributed by atoms with Gasteiger partial charge in [0.25, 0.3) is 0 Å². The normalized spacial score (nSPS) is 12.1. The molecule has 2 heteroatoms. The highest BCUT2D eigenvalue weighted by atomic mass is 35.5. The summed E-state index contributed by atoms with van der Waals surface area (Å²) in [4.78, 5) is 0. The van der Waals surface area contributed by atoms with Crippen molar-refractivity contribution in [1.82, 2.24) is 0 Å². The molecule has 42 valence electrons. The monoisotopic (exact) mass is 138 g/mol. The molecular weight excluding hydrogens is 131 g/mol. The van der Waals surface area contributed by atoms with E-state index in [0.29, 0.717) is 5.88 Å². The minimum atomic E-state index is 0.657. The molecule has 0 fully saturated rings. The van der Waals surface area contributed by atoms with Gasteiger partial charge in [-0.15, -0.1) is 11.6 Å². The van der Waals surface area contributed by atoms with Crippen molar-refractivity contribution >= 4 is 23.2 Å². The molecule has 0 radical (unpaired) electrons. The van der Waals surface area contributed by atoms with Crippen LogP contribution in [0.4, 0.5) is 0 Å². The molecule has 0 spiro atoms. The molecule has 0 unspecified atom stereocenters. The highest BCUT2D eigenvalue weighted by Gasteiger charge is 1.76. The standard InChI is InChI=1S/C5H8Cl2/c1-5(7)3-2-4-6/h3H,2,4H2,1H3/b5-3+. The van der Waals surface area contributed by atoms with Gasteiger partial charge in [-0.3, -0.25) is 0 Å². The Hall–Kier alpha value is 0.320. The van der Waals surface area contributed by atoms with Crippen molar-refractivity contribution in [1.29, 1.82) is 0 Å². The van der Waals surface area contributed by atoms with E-state index < -0.39 is 0 Å². The SMILES string of the molecule is C/C(Cl)=C\CCCl. The smallest absolute Gasteiger partial charge is 0.0258 e. The van der Waals surface area contributed by atoms with E-state index in [1.807, 2.05) is 13.0 Å². The van der Waals surface area contributed by atoms with Crippen LogP contribution >= 0.6 is 23.2 Å². The molecular formula is C5H8Cl2. The van der Waals surface area contributed by atoms with Crippen LogP contribution in [0.25, 0.3) is 0 Å². The van der Waals surface area contributed by atoms with Crippen LogP contribution in [-0.4, -0.2) is 5.88 Å². The Morgan fingerprint density at radius 3 is 2.43 bits per heavy atom. The Kier molecular flexibility index (Phi) is 4.68. The number of hydrogen-bond acceptors (Lipinski definition) is 0. The molecule has 0 N–H and O–H groups in total. The van der Waals surface area contributed by atoms with E-state index >= 15 is 0 Å². The van der Waals surface area contributed by atoms with E-state index in [9.17, 15) is 0 Å². The molecule has 7 heavy (non-hydrogen) atoms. The molecule has 0 aliphatic heterocycles. The molecule has 0 aliphatic rings. The molecule has 0 atom stereocenters. The van der Waals surface area contributed by atoms with Gasteiger partial charge in [-0.25, -0.2) is 0 Å². The van der Waals surface area contributed by atoms with E-state index in [0.717, 1.165) is 11.5 Å². The average molecular weight is 139 g/mol. The third kappa shape index (κ3) is 6.32. The number of rotatable bonds is 2. The van der Waals surface area contributed by atoms with Crippen LogP contribution in [0.3, 0.4) is 0 Å². The molecule has 0 saturated carbocycles. The predicted molar refractivity (Wildman–Crippen MR) is 34.9 cm³/mol. The van der Waals surface area contributed by atoms with Crippen LogP contribution < -0.4 is 0 Å². The number of alkyl halides is 1. The molecule has 0 bridgehead atoms. The maximum atomic E-state index is 5.46. The Morgan fingerprint density at radius 1 is 1.71 bits per heavy atom. The minimum absolute atomic E-state index is 0.657. The van der Waals surface area contributed by atoms with E-state index in [-0.39, 0.29) is 0 Å². The van der Waals surface area contributed by atoms with Gasteiger partial charge in [0, 0.05) is 10.9 Å². The third-order valence-corrected chi connectivity index (χ3v) is 0.907. The first-order valence-electron chi connectivity index (χ1n) is 2.15. The van der Waals surface area contributed by atoms with Gasteiger partial charge < -0.3 is 0 Å². The number of halogens is 2. The molecule has 0 aromatic rings. The summed E-state index contributed by atoms with van der Waals surface area (Å²) in [7, 11) is 0. The summed E-state index contributed by atoms with van der Waals surface area (Å²) in [5, 5.41) is 0.820. The van der Waals surface area contributed by atoms with Crippen molar-refractivity contribution in [3.05, 3.63) is 11.1 Å². The molecule has 0 aliphatic carbocycles. The van der Waals surface area contributed by atoms with Crippen molar-refractivity contribution in [2.75, 3.05) is 5.88 Å². The van der Waals surface area contributed by atoms with Crippen LogP contribution in [0.2, 0.25) is 0 Å². The Labute approximate surface area is 54.1 Å². The molecule has 0 aromatic carbocycles. The fraction of sp³-hybridized carbons (Fsp3) is 0.600. The van der Waals surface area contributed by atoms with E-state index in [1.165, 1.54) is 0 Å². The lowest BCUT2D eigenvalue weighted by molar-refractivity contribution is 1.22. The fourth-order valence-corrected chi connectivity index (χ4v) is 0.472. The average Bonchev–Trinajstić information content (AvgIpc) is 1.61. The zero-order chi connectivity index (χ0) is 5.70. The third-order valence-electron chi connectivity index (χ3n) is 0.535. The van der Waals surface area contributed by atoms with Gasteiger partial charge in [0.05, 0.1) is 0 Å². The molecule has 0 nitrogen and oxygen atoms in total. The first-order chi connectivity index (χ1) is 3.27. The van der Waals surface area contributed by atoms with Crippen LogP contribution in [-0.2, 0) is 0 Å². The van der Waals surface area contributed by atoms with Crippen molar-refractivity contribution in [3.63, 3.8) is 0 Å². The summed E-state index contributed by atoms with van der Waals surface area (Å²) in [5.41, 5.74) is 0. The van der Waals surface area contributed by atoms with Gasteiger partial charge in [0.15, 0.2) is 0 Å². The maximum absolute atomic E-state index is 5.46. The van der Waals surface area contributed by atoms with Gasteiger partial charge in [0.2, 0.25) is 0 Å². The van der Waals surface area contributed by atoms with Crippen LogP contribution in [0.15, 0.2) is 11.1 Å². The maximum Gasteiger partial charge on any atom is 0.0258 e. The first kappa shape index (κ1) is 7.32. The summed E-state index contributed by atoms with van der Waals surface area (Å²) in [6, 6.07) is 0. The van der Waals surface area contributed by atoms with Crippen LogP contribution in [0.5, 0.6) is 0 Å². The van der Waals surface area contributed by atoms with Crippen LogP contribution in [0, 0.1) is 0 Å². The van der Waals surface area contributed by atoms with Gasteiger partial charge >= 0.3 is 0 Å². The highest BCUT2D eigenvalue weighted by molar-refractivity contribution is 6.29. The van der Waals surface area contributed by atoms with Gasteiger partial charge in [-0.2, -0.15) is 0 Å². The minimum Gasteiger partial charge on any atom is -0.126 e. The lowest BCUT2D eigenvalue weighted by atomic mass is 10.4. The summed E-state index contributed by atoms with van der Waals surface area (Å²) in [5.74, 6) is 0.657. The van der Waals surface area contributed by atoms with E-state index in [1.54, 1.807) is 0 Å². The van der Waals surface area contributed by atoms with Gasteiger partial charge in [0.1, 0.15) is 0 Å². The zero-order valence-electron chi connectivity index (χ0n) is 4.25. The summed E-state index contributed by atoms with van der Waals surface area (Å²) < 4.78 is 0.